The average molecular weight is 299 g/mol. The van der Waals surface area contributed by atoms with Crippen LogP contribution >= 0.6 is 11.3 Å². The number of nitrogens with two attached hydrogens (primary N) is 1. The van der Waals surface area contributed by atoms with E-state index in [0.717, 1.165) is 5.01 Å². The largest absolute Gasteiger partial charge is 0.480 e. The van der Waals surface area contributed by atoms with Crippen molar-refractivity contribution in [2.24, 2.45) is 11.7 Å². The maximum absolute atomic E-state index is 11.8. The predicted molar refractivity (Wildman–Crippen MR) is 77.4 cm³/mol. The molecule has 1 aromatic heterocycles. The van der Waals surface area contributed by atoms with Gasteiger partial charge in [-0.25, -0.2) is 9.78 Å². The van der Waals surface area contributed by atoms with Crippen molar-refractivity contribution >= 4 is 23.2 Å². The van der Waals surface area contributed by atoms with Gasteiger partial charge in [0.1, 0.15) is 11.0 Å². The molecule has 0 aliphatic rings. The molecular weight excluding hydrogens is 278 g/mol. The maximum Gasteiger partial charge on any atom is 0.326 e. The third-order valence-electron chi connectivity index (χ3n) is 2.64. The molecule has 6 nitrogen and oxygen atoms in total. The van der Waals surface area contributed by atoms with Crippen molar-refractivity contribution in [1.29, 1.82) is 0 Å². The zero-order chi connectivity index (χ0) is 15.3. The summed E-state index contributed by atoms with van der Waals surface area (Å²) in [7, 11) is 0. The quantitative estimate of drug-likeness (QED) is 0.704. The predicted octanol–water partition coefficient (Wildman–Crippen LogP) is 1.32. The van der Waals surface area contributed by atoms with Crippen LogP contribution in [0.2, 0.25) is 0 Å². The lowest BCUT2D eigenvalue weighted by Gasteiger charge is -2.16. The first-order chi connectivity index (χ1) is 9.29. The highest BCUT2D eigenvalue weighted by Gasteiger charge is 2.21. The summed E-state index contributed by atoms with van der Waals surface area (Å²) >= 11 is 1.40. The van der Waals surface area contributed by atoms with E-state index in [1.165, 1.54) is 11.3 Å². The molecule has 1 aromatic rings. The summed E-state index contributed by atoms with van der Waals surface area (Å²) in [6.45, 7) is 5.65. The summed E-state index contributed by atoms with van der Waals surface area (Å²) in [4.78, 5) is 27.2. The van der Waals surface area contributed by atoms with E-state index in [1.807, 2.05) is 20.8 Å². The minimum absolute atomic E-state index is 0.0745. The second-order valence-corrected chi connectivity index (χ2v) is 6.12. The lowest BCUT2D eigenvalue weighted by molar-refractivity contribution is -0.142. The Morgan fingerprint density at radius 3 is 2.55 bits per heavy atom. The van der Waals surface area contributed by atoms with E-state index in [2.05, 4.69) is 10.3 Å². The molecule has 0 aliphatic carbocycles. The second-order valence-electron chi connectivity index (χ2n) is 5.23. The van der Waals surface area contributed by atoms with Gasteiger partial charge in [0, 0.05) is 5.38 Å². The second kappa shape index (κ2) is 7.35. The number of carboxylic acid groups (broad SMARTS) is 1. The molecule has 1 rings (SSSR count). The molecule has 1 amide bonds. The fourth-order valence-electron chi connectivity index (χ4n) is 1.72. The number of nitrogens with zero attached hydrogens (tertiary/aromatic N) is 1. The van der Waals surface area contributed by atoms with E-state index < -0.39 is 12.0 Å². The van der Waals surface area contributed by atoms with Gasteiger partial charge in [0.2, 0.25) is 5.91 Å². The van der Waals surface area contributed by atoms with E-state index in [9.17, 15) is 9.59 Å². The Labute approximate surface area is 122 Å². The van der Waals surface area contributed by atoms with Gasteiger partial charge in [0.15, 0.2) is 0 Å². The van der Waals surface area contributed by atoms with Crippen LogP contribution in [0.25, 0.3) is 0 Å². The molecule has 0 aliphatic heterocycles. The molecule has 0 spiro atoms. The third kappa shape index (κ3) is 5.26. The van der Waals surface area contributed by atoms with Gasteiger partial charge in [-0.05, 0) is 19.3 Å². The molecular formula is C13H21N3O3S. The van der Waals surface area contributed by atoms with E-state index in [4.69, 9.17) is 10.8 Å². The first kappa shape index (κ1) is 16.6. The van der Waals surface area contributed by atoms with Gasteiger partial charge in [-0.2, -0.15) is 0 Å². The van der Waals surface area contributed by atoms with Crippen LogP contribution in [0.5, 0.6) is 0 Å². The molecule has 0 fully saturated rings. The van der Waals surface area contributed by atoms with Crippen molar-refractivity contribution in [2.45, 2.75) is 45.7 Å². The normalized spacial score (nSPS) is 14.1. The fourth-order valence-corrected chi connectivity index (χ4v) is 2.49. The number of hydrogen-bond acceptors (Lipinski definition) is 5. The Hall–Kier alpha value is -1.47. The van der Waals surface area contributed by atoms with Crippen molar-refractivity contribution in [1.82, 2.24) is 10.3 Å². The number of carboxylic acids is 1. The standard InChI is InChI=1S/C13H21N3O3S/c1-7(2)4-10(13(18)19)16-11(17)5-9-6-20-12(15-9)8(3)14/h6-8,10H,4-5,14H2,1-3H3,(H,16,17)(H,18,19). The van der Waals surface area contributed by atoms with Gasteiger partial charge in [-0.15, -0.1) is 11.3 Å². The number of carbonyl (C=O) groups excluding carboxylic acids is 1. The van der Waals surface area contributed by atoms with E-state index in [0.29, 0.717) is 12.1 Å². The Morgan fingerprint density at radius 2 is 2.10 bits per heavy atom. The summed E-state index contributed by atoms with van der Waals surface area (Å²) in [6, 6.07) is -1.02. The molecule has 20 heavy (non-hydrogen) atoms. The highest BCUT2D eigenvalue weighted by Crippen LogP contribution is 2.16. The van der Waals surface area contributed by atoms with Crippen molar-refractivity contribution in [3.8, 4) is 0 Å². The van der Waals surface area contributed by atoms with Crippen LogP contribution in [-0.2, 0) is 16.0 Å². The zero-order valence-corrected chi connectivity index (χ0v) is 12.7. The molecule has 0 aromatic carbocycles. The Bertz CT molecular complexity index is 471. The van der Waals surface area contributed by atoms with Gasteiger partial charge >= 0.3 is 5.97 Å². The topological polar surface area (TPSA) is 105 Å². The summed E-state index contributed by atoms with van der Waals surface area (Å²) < 4.78 is 0. The van der Waals surface area contributed by atoms with E-state index >= 15 is 0 Å². The number of amides is 1. The van der Waals surface area contributed by atoms with E-state index in [1.54, 1.807) is 5.38 Å². The first-order valence-electron chi connectivity index (χ1n) is 6.51. The van der Waals surface area contributed by atoms with Crippen molar-refractivity contribution in [3.05, 3.63) is 16.1 Å². The first-order valence-corrected chi connectivity index (χ1v) is 7.39. The summed E-state index contributed by atoms with van der Waals surface area (Å²) in [5.41, 5.74) is 6.32. The van der Waals surface area contributed by atoms with Crippen LogP contribution < -0.4 is 11.1 Å². The molecule has 0 saturated heterocycles. The number of aromatic nitrogens is 1. The smallest absolute Gasteiger partial charge is 0.326 e. The van der Waals surface area contributed by atoms with Gasteiger partial charge in [0.25, 0.3) is 0 Å². The van der Waals surface area contributed by atoms with Crippen molar-refractivity contribution < 1.29 is 14.7 Å². The number of thiazole rings is 1. The number of carbonyl (C=O) groups is 2. The zero-order valence-electron chi connectivity index (χ0n) is 11.9. The van der Waals surface area contributed by atoms with Crippen LogP contribution in [0, 0.1) is 5.92 Å². The maximum atomic E-state index is 11.8. The van der Waals surface area contributed by atoms with Crippen LogP contribution in [-0.4, -0.2) is 28.0 Å². The lowest BCUT2D eigenvalue weighted by Crippen LogP contribution is -2.42. The van der Waals surface area contributed by atoms with Crippen molar-refractivity contribution in [3.63, 3.8) is 0 Å². The minimum Gasteiger partial charge on any atom is -0.480 e. The fraction of sp³-hybridized carbons (Fsp3) is 0.615. The minimum atomic E-state index is -1.01. The molecule has 2 atom stereocenters. The SMILES string of the molecule is CC(C)CC(NC(=O)Cc1csc(C(C)N)n1)C(=O)O. The number of hydrogen-bond donors (Lipinski definition) is 3. The lowest BCUT2D eigenvalue weighted by atomic mass is 10.0. The molecule has 112 valence electrons. The molecule has 4 N–H and O–H groups in total. The molecule has 7 heteroatoms. The van der Waals surface area contributed by atoms with Crippen molar-refractivity contribution in [2.75, 3.05) is 0 Å². The summed E-state index contributed by atoms with van der Waals surface area (Å²) in [6.07, 6.45) is 0.480. The third-order valence-corrected chi connectivity index (χ3v) is 3.74. The molecule has 1 heterocycles. The average Bonchev–Trinajstić information content (AvgIpc) is 2.75. The summed E-state index contributed by atoms with van der Waals surface area (Å²) in [5.74, 6) is -1.15. The molecule has 0 bridgehead atoms. The van der Waals surface area contributed by atoms with E-state index in [-0.39, 0.29) is 24.3 Å². The highest BCUT2D eigenvalue weighted by atomic mass is 32.1. The van der Waals surface area contributed by atoms with Gasteiger partial charge in [0.05, 0.1) is 18.2 Å². The Kier molecular flexibility index (Phi) is 6.09. The number of aliphatic carboxylic acids is 1. The van der Waals surface area contributed by atoms with Gasteiger partial charge in [-0.3, -0.25) is 4.79 Å². The van der Waals surface area contributed by atoms with Crippen LogP contribution in [0.1, 0.15) is 43.9 Å². The highest BCUT2D eigenvalue weighted by molar-refractivity contribution is 7.09. The molecule has 0 saturated carbocycles. The number of nitrogens with one attached hydrogen (secondary N) is 1. The number of rotatable bonds is 7. The Morgan fingerprint density at radius 1 is 1.45 bits per heavy atom. The van der Waals surface area contributed by atoms with Crippen LogP contribution in [0.15, 0.2) is 5.38 Å². The van der Waals surface area contributed by atoms with Gasteiger partial charge < -0.3 is 16.2 Å². The van der Waals surface area contributed by atoms with Crippen LogP contribution in [0.3, 0.4) is 0 Å². The Balaban J connectivity index is 2.58. The monoisotopic (exact) mass is 299 g/mol. The van der Waals surface area contributed by atoms with Gasteiger partial charge in [-0.1, -0.05) is 13.8 Å². The molecule has 2 unspecified atom stereocenters. The molecule has 0 radical (unpaired) electrons. The summed E-state index contributed by atoms with van der Waals surface area (Å²) in [5, 5.41) is 14.1. The van der Waals surface area contributed by atoms with Crippen LogP contribution in [0.4, 0.5) is 0 Å².